The molecule has 0 spiro atoms. The van der Waals surface area contributed by atoms with E-state index in [0.717, 1.165) is 5.92 Å². The normalized spacial score (nSPS) is 49.6. The molecule has 0 saturated heterocycles. The van der Waals surface area contributed by atoms with Crippen molar-refractivity contribution in [2.24, 2.45) is 29.6 Å². The molecule has 6 unspecified atom stereocenters. The Labute approximate surface area is 131 Å². The first-order valence-electron chi connectivity index (χ1n) is 8.64. The summed E-state index contributed by atoms with van der Waals surface area (Å²) in [6.07, 6.45) is 1.28. The number of hydrogen-bond acceptors (Lipinski definition) is 1. The van der Waals surface area contributed by atoms with Crippen molar-refractivity contribution in [3.05, 3.63) is 71.8 Å². The summed E-state index contributed by atoms with van der Waals surface area (Å²) >= 11 is 0. The lowest BCUT2D eigenvalue weighted by atomic mass is 9.71. The molecule has 5 fully saturated rings. The fourth-order valence-electron chi connectivity index (χ4n) is 7.02. The molecular weight excluding hydrogens is 268 g/mol. The number of rotatable bonds is 2. The van der Waals surface area contributed by atoms with Crippen LogP contribution in [0.3, 0.4) is 0 Å². The number of aliphatic hydroxyl groups is 1. The maximum absolute atomic E-state index is 11.2. The Kier molecular flexibility index (Phi) is 1.98. The van der Waals surface area contributed by atoms with Crippen LogP contribution in [-0.2, 0) is 0 Å². The first kappa shape index (κ1) is 11.9. The molecule has 0 heterocycles. The van der Waals surface area contributed by atoms with Crippen molar-refractivity contribution >= 4 is 0 Å². The highest BCUT2D eigenvalue weighted by atomic mass is 16.3. The van der Waals surface area contributed by atoms with Gasteiger partial charge < -0.3 is 5.11 Å². The maximum atomic E-state index is 11.2. The SMILES string of the molecule is O[C@@]12C3C4CC1[C@@H]2C4C(c1ccccc1)C3c1ccccc1. The molecule has 2 aromatic carbocycles. The molecule has 0 amide bonds. The van der Waals surface area contributed by atoms with Crippen LogP contribution in [0.4, 0.5) is 0 Å². The van der Waals surface area contributed by atoms with Crippen LogP contribution >= 0.6 is 0 Å². The second kappa shape index (κ2) is 3.65. The van der Waals surface area contributed by atoms with Crippen LogP contribution in [0.5, 0.6) is 0 Å². The largest absolute Gasteiger partial charge is 0.389 e. The van der Waals surface area contributed by atoms with Gasteiger partial charge in [-0.25, -0.2) is 0 Å². The predicted octanol–water partition coefficient (Wildman–Crippen LogP) is 3.81. The Morgan fingerprint density at radius 1 is 0.773 bits per heavy atom. The summed E-state index contributed by atoms with van der Waals surface area (Å²) < 4.78 is 0. The van der Waals surface area contributed by atoms with Gasteiger partial charge in [-0.1, -0.05) is 60.7 Å². The standard InChI is InChI=1S/C21H20O/c22-21-15-11-14-18(20(15)21)16(12-7-3-1-4-8-12)17(19(14)21)13-9-5-2-6-10-13/h1-10,14-20,22H,11H2/t14?,15?,16?,17?,18?,19?,20-,21-/m1/s1. The van der Waals surface area contributed by atoms with E-state index in [1.165, 1.54) is 17.5 Å². The third kappa shape index (κ3) is 1.12. The highest BCUT2D eigenvalue weighted by Crippen LogP contribution is 2.87. The molecule has 22 heavy (non-hydrogen) atoms. The minimum absolute atomic E-state index is 0.304. The molecule has 1 N–H and O–H groups in total. The molecule has 0 radical (unpaired) electrons. The minimum Gasteiger partial charge on any atom is -0.389 e. The van der Waals surface area contributed by atoms with E-state index in [1.54, 1.807) is 0 Å². The second-order valence-corrected chi connectivity index (χ2v) is 7.90. The van der Waals surface area contributed by atoms with Gasteiger partial charge in [0.05, 0.1) is 5.60 Å². The lowest BCUT2D eigenvalue weighted by Gasteiger charge is -2.34. The fourth-order valence-corrected chi connectivity index (χ4v) is 7.02. The summed E-state index contributed by atoms with van der Waals surface area (Å²) in [6.45, 7) is 0. The van der Waals surface area contributed by atoms with Gasteiger partial charge in [-0.05, 0) is 59.0 Å². The molecule has 8 atom stereocenters. The van der Waals surface area contributed by atoms with Gasteiger partial charge in [0.1, 0.15) is 0 Å². The summed E-state index contributed by atoms with van der Waals surface area (Å²) in [4.78, 5) is 0. The van der Waals surface area contributed by atoms with Crippen molar-refractivity contribution in [1.82, 2.24) is 0 Å². The van der Waals surface area contributed by atoms with E-state index >= 15 is 0 Å². The van der Waals surface area contributed by atoms with Gasteiger partial charge >= 0.3 is 0 Å². The first-order valence-corrected chi connectivity index (χ1v) is 8.64. The Morgan fingerprint density at radius 3 is 1.95 bits per heavy atom. The van der Waals surface area contributed by atoms with Crippen molar-refractivity contribution in [2.45, 2.75) is 23.9 Å². The highest BCUT2D eigenvalue weighted by Gasteiger charge is 2.88. The van der Waals surface area contributed by atoms with E-state index in [-0.39, 0.29) is 5.60 Å². The molecule has 7 rings (SSSR count). The van der Waals surface area contributed by atoms with Crippen LogP contribution in [0.25, 0.3) is 0 Å². The van der Waals surface area contributed by atoms with E-state index in [4.69, 9.17) is 0 Å². The molecule has 0 aromatic heterocycles. The van der Waals surface area contributed by atoms with Gasteiger partial charge in [0, 0.05) is 0 Å². The maximum Gasteiger partial charge on any atom is 0.0751 e. The Balaban J connectivity index is 1.54. The molecule has 110 valence electrons. The molecule has 5 aliphatic rings. The summed E-state index contributed by atoms with van der Waals surface area (Å²) in [5, 5.41) is 11.2. The zero-order valence-corrected chi connectivity index (χ0v) is 12.5. The predicted molar refractivity (Wildman–Crippen MR) is 85.4 cm³/mol. The van der Waals surface area contributed by atoms with E-state index < -0.39 is 0 Å². The molecule has 5 saturated carbocycles. The minimum atomic E-state index is -0.304. The monoisotopic (exact) mass is 288 g/mol. The zero-order valence-electron chi connectivity index (χ0n) is 12.5. The molecule has 2 aromatic rings. The summed E-state index contributed by atoms with van der Waals surface area (Å²) in [5.74, 6) is 4.31. The van der Waals surface area contributed by atoms with Gasteiger partial charge in [0.25, 0.3) is 0 Å². The van der Waals surface area contributed by atoms with Crippen LogP contribution in [0.1, 0.15) is 29.4 Å². The van der Waals surface area contributed by atoms with Gasteiger partial charge in [0.15, 0.2) is 0 Å². The molecular formula is C21H20O. The van der Waals surface area contributed by atoms with Crippen molar-refractivity contribution in [2.75, 3.05) is 0 Å². The molecule has 0 aliphatic heterocycles. The summed E-state index contributed by atoms with van der Waals surface area (Å²) in [7, 11) is 0. The van der Waals surface area contributed by atoms with Crippen LogP contribution in [0.15, 0.2) is 60.7 Å². The van der Waals surface area contributed by atoms with Crippen LogP contribution in [0.2, 0.25) is 0 Å². The smallest absolute Gasteiger partial charge is 0.0751 e. The van der Waals surface area contributed by atoms with E-state index in [1.807, 2.05) is 0 Å². The number of benzene rings is 2. The lowest BCUT2D eigenvalue weighted by molar-refractivity contribution is 0.0613. The second-order valence-electron chi connectivity index (χ2n) is 7.90. The Bertz CT molecular complexity index is 739. The van der Waals surface area contributed by atoms with Crippen molar-refractivity contribution in [3.8, 4) is 0 Å². The topological polar surface area (TPSA) is 20.2 Å². The highest BCUT2D eigenvalue weighted by molar-refractivity contribution is 5.46. The average molecular weight is 288 g/mol. The van der Waals surface area contributed by atoms with Crippen LogP contribution in [-0.4, -0.2) is 10.7 Å². The van der Waals surface area contributed by atoms with Gasteiger partial charge in [-0.2, -0.15) is 0 Å². The molecule has 1 heteroatoms. The quantitative estimate of drug-likeness (QED) is 0.891. The van der Waals surface area contributed by atoms with E-state index in [2.05, 4.69) is 60.7 Å². The molecule has 1 nitrogen and oxygen atoms in total. The van der Waals surface area contributed by atoms with Gasteiger partial charge in [0.2, 0.25) is 0 Å². The van der Waals surface area contributed by atoms with Crippen LogP contribution in [0, 0.1) is 29.6 Å². The van der Waals surface area contributed by atoms with E-state index in [9.17, 15) is 5.11 Å². The Morgan fingerprint density at radius 2 is 1.36 bits per heavy atom. The zero-order chi connectivity index (χ0) is 14.5. The summed E-state index contributed by atoms with van der Waals surface area (Å²) in [6, 6.07) is 22.0. The van der Waals surface area contributed by atoms with Crippen molar-refractivity contribution in [3.63, 3.8) is 0 Å². The average Bonchev–Trinajstić information content (AvgIpc) is 2.96. The lowest BCUT2D eigenvalue weighted by Crippen LogP contribution is -2.31. The van der Waals surface area contributed by atoms with E-state index in [0.29, 0.717) is 35.5 Å². The fraction of sp³-hybridized carbons (Fsp3) is 0.429. The molecule has 5 aliphatic carbocycles. The third-order valence-electron chi connectivity index (χ3n) is 7.44. The summed E-state index contributed by atoms with van der Waals surface area (Å²) in [5.41, 5.74) is 2.62. The first-order chi connectivity index (χ1) is 10.8. The van der Waals surface area contributed by atoms with Gasteiger partial charge in [-0.15, -0.1) is 0 Å². The van der Waals surface area contributed by atoms with Crippen LogP contribution < -0.4 is 0 Å². The Hall–Kier alpha value is -1.60. The van der Waals surface area contributed by atoms with Gasteiger partial charge in [-0.3, -0.25) is 0 Å². The van der Waals surface area contributed by atoms with Crippen molar-refractivity contribution in [1.29, 1.82) is 0 Å². The van der Waals surface area contributed by atoms with Crippen molar-refractivity contribution < 1.29 is 5.11 Å². The third-order valence-corrected chi connectivity index (χ3v) is 7.44. The number of hydrogen-bond donors (Lipinski definition) is 1. The molecule has 6 bridgehead atoms.